The van der Waals surface area contributed by atoms with E-state index in [9.17, 15) is 4.79 Å². The molecule has 1 amide bonds. The van der Waals surface area contributed by atoms with Crippen LogP contribution in [-0.4, -0.2) is 24.6 Å². The van der Waals surface area contributed by atoms with Gasteiger partial charge in [0.15, 0.2) is 0 Å². The second-order valence-corrected chi connectivity index (χ2v) is 5.25. The zero-order valence-corrected chi connectivity index (χ0v) is 10.4. The molecule has 0 unspecified atom stereocenters. The standard InChI is InChI=1S/C14H18N2O2/c15-14(6-3-7-14)10-13(17)16-8-9-18-12-5-2-1-4-11(12)16/h1-2,4-5H,3,6-10,15H2. The van der Waals surface area contributed by atoms with Gasteiger partial charge in [-0.15, -0.1) is 0 Å². The molecule has 2 aliphatic rings. The van der Waals surface area contributed by atoms with Crippen LogP contribution in [0.2, 0.25) is 0 Å². The van der Waals surface area contributed by atoms with Gasteiger partial charge in [-0.2, -0.15) is 0 Å². The van der Waals surface area contributed by atoms with Crippen molar-refractivity contribution in [1.29, 1.82) is 0 Å². The fourth-order valence-electron chi connectivity index (χ4n) is 2.63. The van der Waals surface area contributed by atoms with Crippen molar-refractivity contribution in [3.63, 3.8) is 0 Å². The van der Waals surface area contributed by atoms with Crippen LogP contribution in [0.15, 0.2) is 24.3 Å². The van der Waals surface area contributed by atoms with E-state index in [0.29, 0.717) is 19.6 Å². The summed E-state index contributed by atoms with van der Waals surface area (Å²) in [4.78, 5) is 14.2. The highest BCUT2D eigenvalue weighted by molar-refractivity contribution is 5.96. The van der Waals surface area contributed by atoms with Crippen molar-refractivity contribution in [3.8, 4) is 5.75 Å². The first kappa shape index (κ1) is 11.5. The van der Waals surface area contributed by atoms with Crippen molar-refractivity contribution in [2.45, 2.75) is 31.2 Å². The highest BCUT2D eigenvalue weighted by atomic mass is 16.5. The van der Waals surface area contributed by atoms with Crippen LogP contribution in [-0.2, 0) is 4.79 Å². The summed E-state index contributed by atoms with van der Waals surface area (Å²) in [5.74, 6) is 0.907. The molecule has 1 aromatic rings. The van der Waals surface area contributed by atoms with Crippen LogP contribution in [0, 0.1) is 0 Å². The van der Waals surface area contributed by atoms with E-state index in [2.05, 4.69) is 0 Å². The first-order valence-electron chi connectivity index (χ1n) is 6.49. The molecule has 2 N–H and O–H groups in total. The summed E-state index contributed by atoms with van der Waals surface area (Å²) in [6, 6.07) is 7.67. The van der Waals surface area contributed by atoms with Crippen molar-refractivity contribution in [3.05, 3.63) is 24.3 Å². The maximum atomic E-state index is 12.4. The summed E-state index contributed by atoms with van der Waals surface area (Å²) < 4.78 is 5.55. The molecule has 4 heteroatoms. The molecular weight excluding hydrogens is 228 g/mol. The predicted molar refractivity (Wildman–Crippen MR) is 69.7 cm³/mol. The van der Waals surface area contributed by atoms with Crippen LogP contribution in [0.4, 0.5) is 5.69 Å². The summed E-state index contributed by atoms with van der Waals surface area (Å²) in [5, 5.41) is 0. The fraction of sp³-hybridized carbons (Fsp3) is 0.500. The van der Waals surface area contributed by atoms with E-state index >= 15 is 0 Å². The third kappa shape index (κ3) is 1.97. The van der Waals surface area contributed by atoms with Crippen LogP contribution >= 0.6 is 0 Å². The summed E-state index contributed by atoms with van der Waals surface area (Å²) in [6.07, 6.45) is 3.51. The Balaban J connectivity index is 1.79. The molecule has 0 atom stereocenters. The molecule has 1 aliphatic carbocycles. The Labute approximate surface area is 107 Å². The fourth-order valence-corrected chi connectivity index (χ4v) is 2.63. The minimum absolute atomic E-state index is 0.118. The Hall–Kier alpha value is -1.55. The van der Waals surface area contributed by atoms with Gasteiger partial charge in [0.25, 0.3) is 0 Å². The lowest BCUT2D eigenvalue weighted by Gasteiger charge is -2.39. The molecule has 0 bridgehead atoms. The van der Waals surface area contributed by atoms with Gasteiger partial charge in [0.2, 0.25) is 5.91 Å². The second-order valence-electron chi connectivity index (χ2n) is 5.25. The second kappa shape index (κ2) is 4.28. The van der Waals surface area contributed by atoms with Gasteiger partial charge in [0.1, 0.15) is 12.4 Å². The van der Waals surface area contributed by atoms with E-state index < -0.39 is 0 Å². The van der Waals surface area contributed by atoms with Crippen LogP contribution in [0.3, 0.4) is 0 Å². The Morgan fingerprint density at radius 1 is 1.39 bits per heavy atom. The van der Waals surface area contributed by atoms with Crippen LogP contribution in [0.5, 0.6) is 5.75 Å². The number of para-hydroxylation sites is 2. The molecule has 0 radical (unpaired) electrons. The number of hydrogen-bond donors (Lipinski definition) is 1. The van der Waals surface area contributed by atoms with Crippen LogP contribution in [0.25, 0.3) is 0 Å². The molecule has 0 spiro atoms. The predicted octanol–water partition coefficient (Wildman–Crippen LogP) is 1.68. The number of rotatable bonds is 2. The molecule has 1 aromatic carbocycles. The molecule has 1 saturated carbocycles. The van der Waals surface area contributed by atoms with E-state index in [-0.39, 0.29) is 11.4 Å². The number of anilines is 1. The minimum atomic E-state index is -0.260. The van der Waals surface area contributed by atoms with Crippen molar-refractivity contribution < 1.29 is 9.53 Å². The van der Waals surface area contributed by atoms with Crippen molar-refractivity contribution in [2.75, 3.05) is 18.1 Å². The number of fused-ring (bicyclic) bond motifs is 1. The summed E-state index contributed by atoms with van der Waals surface area (Å²) in [7, 11) is 0. The highest BCUT2D eigenvalue weighted by Crippen LogP contribution is 2.35. The number of carbonyl (C=O) groups excluding carboxylic acids is 1. The lowest BCUT2D eigenvalue weighted by atomic mass is 9.75. The first-order valence-corrected chi connectivity index (χ1v) is 6.49. The Morgan fingerprint density at radius 2 is 2.17 bits per heavy atom. The Bertz CT molecular complexity index is 469. The minimum Gasteiger partial charge on any atom is -0.490 e. The van der Waals surface area contributed by atoms with Gasteiger partial charge in [-0.1, -0.05) is 12.1 Å². The van der Waals surface area contributed by atoms with Gasteiger partial charge in [-0.05, 0) is 31.4 Å². The van der Waals surface area contributed by atoms with Gasteiger partial charge < -0.3 is 15.4 Å². The number of amides is 1. The highest BCUT2D eigenvalue weighted by Gasteiger charge is 2.37. The zero-order chi connectivity index (χ0) is 12.6. The zero-order valence-electron chi connectivity index (χ0n) is 10.4. The summed E-state index contributed by atoms with van der Waals surface area (Å²) in [6.45, 7) is 1.17. The molecule has 0 saturated heterocycles. The van der Waals surface area contributed by atoms with E-state index in [0.717, 1.165) is 30.7 Å². The maximum absolute atomic E-state index is 12.4. The molecule has 3 rings (SSSR count). The van der Waals surface area contributed by atoms with Gasteiger partial charge in [0, 0.05) is 12.0 Å². The van der Waals surface area contributed by atoms with Crippen molar-refractivity contribution >= 4 is 11.6 Å². The normalized spacial score (nSPS) is 20.6. The molecule has 0 aromatic heterocycles. The molecule has 18 heavy (non-hydrogen) atoms. The van der Waals surface area contributed by atoms with E-state index in [1.54, 1.807) is 0 Å². The monoisotopic (exact) mass is 246 g/mol. The van der Waals surface area contributed by atoms with E-state index in [4.69, 9.17) is 10.5 Å². The lowest BCUT2D eigenvalue weighted by molar-refractivity contribution is -0.120. The van der Waals surface area contributed by atoms with Crippen molar-refractivity contribution in [1.82, 2.24) is 0 Å². The lowest BCUT2D eigenvalue weighted by Crippen LogP contribution is -2.51. The average molecular weight is 246 g/mol. The number of carbonyl (C=O) groups is 1. The Kier molecular flexibility index (Phi) is 2.74. The molecule has 1 aliphatic heterocycles. The largest absolute Gasteiger partial charge is 0.490 e. The number of benzene rings is 1. The maximum Gasteiger partial charge on any atom is 0.229 e. The summed E-state index contributed by atoms with van der Waals surface area (Å²) >= 11 is 0. The first-order chi connectivity index (χ1) is 8.68. The van der Waals surface area contributed by atoms with Crippen molar-refractivity contribution in [2.24, 2.45) is 5.73 Å². The average Bonchev–Trinajstić information content (AvgIpc) is 2.36. The van der Waals surface area contributed by atoms with Gasteiger partial charge in [0.05, 0.1) is 12.2 Å². The van der Waals surface area contributed by atoms with Gasteiger partial charge in [-0.25, -0.2) is 0 Å². The molecular formula is C14H18N2O2. The molecule has 4 nitrogen and oxygen atoms in total. The molecule has 96 valence electrons. The third-order valence-electron chi connectivity index (χ3n) is 3.88. The SMILES string of the molecule is NC1(CC(=O)N2CCOc3ccccc32)CCC1. The quantitative estimate of drug-likeness (QED) is 0.863. The van der Waals surface area contributed by atoms with E-state index in [1.165, 1.54) is 0 Å². The third-order valence-corrected chi connectivity index (χ3v) is 3.88. The summed E-state index contributed by atoms with van der Waals surface area (Å²) in [5.41, 5.74) is 6.76. The van der Waals surface area contributed by atoms with Crippen LogP contribution in [0.1, 0.15) is 25.7 Å². The van der Waals surface area contributed by atoms with E-state index in [1.807, 2.05) is 29.2 Å². The number of ether oxygens (including phenoxy) is 1. The number of nitrogens with two attached hydrogens (primary N) is 1. The van der Waals surface area contributed by atoms with Gasteiger partial charge >= 0.3 is 0 Å². The smallest absolute Gasteiger partial charge is 0.229 e. The molecule has 1 fully saturated rings. The number of hydrogen-bond acceptors (Lipinski definition) is 3. The Morgan fingerprint density at radius 3 is 2.89 bits per heavy atom. The van der Waals surface area contributed by atoms with Gasteiger partial charge in [-0.3, -0.25) is 4.79 Å². The topological polar surface area (TPSA) is 55.6 Å². The molecule has 1 heterocycles. The van der Waals surface area contributed by atoms with Crippen LogP contribution < -0.4 is 15.4 Å². The number of nitrogens with zero attached hydrogens (tertiary/aromatic N) is 1.